The molecule has 0 aromatic rings. The van der Waals surface area contributed by atoms with E-state index >= 15 is 0 Å². The highest BCUT2D eigenvalue weighted by atomic mass is 16.6. The van der Waals surface area contributed by atoms with Crippen LogP contribution in [0.5, 0.6) is 0 Å². The lowest BCUT2D eigenvalue weighted by Gasteiger charge is -2.18. The van der Waals surface area contributed by atoms with Crippen LogP contribution in [0.3, 0.4) is 0 Å². The van der Waals surface area contributed by atoms with Crippen molar-refractivity contribution in [3.8, 4) is 0 Å². The largest absolute Gasteiger partial charge is 0.382 e. The first-order valence-electron chi connectivity index (χ1n) is 7.06. The fourth-order valence-electron chi connectivity index (χ4n) is 1.51. The summed E-state index contributed by atoms with van der Waals surface area (Å²) in [5.41, 5.74) is 0. The molecule has 0 radical (unpaired) electrons. The number of hydrogen-bond acceptors (Lipinski definition) is 6. The van der Waals surface area contributed by atoms with Crippen molar-refractivity contribution < 1.29 is 28.4 Å². The molecule has 0 fully saturated rings. The lowest BCUT2D eigenvalue weighted by molar-refractivity contribution is -0.0743. The van der Waals surface area contributed by atoms with Crippen LogP contribution in [0.1, 0.15) is 13.3 Å². The summed E-state index contributed by atoms with van der Waals surface area (Å²) in [5, 5.41) is 0. The molecule has 0 rings (SSSR count). The van der Waals surface area contributed by atoms with Gasteiger partial charge in [-0.25, -0.2) is 0 Å². The van der Waals surface area contributed by atoms with Crippen LogP contribution in [-0.4, -0.2) is 79.8 Å². The van der Waals surface area contributed by atoms with Crippen LogP contribution >= 0.6 is 0 Å². The molecule has 2 atom stereocenters. The molecular formula is C14H30O6. The second kappa shape index (κ2) is 15.2. The molecule has 0 aliphatic carbocycles. The van der Waals surface area contributed by atoms with Crippen molar-refractivity contribution in [2.45, 2.75) is 25.6 Å². The molecule has 122 valence electrons. The summed E-state index contributed by atoms with van der Waals surface area (Å²) in [4.78, 5) is 0. The minimum atomic E-state index is -0.0675. The predicted octanol–water partition coefficient (Wildman–Crippen LogP) is 1.12. The topological polar surface area (TPSA) is 55.4 Å². The molecule has 2 unspecified atom stereocenters. The first-order chi connectivity index (χ1) is 9.78. The Hall–Kier alpha value is -0.240. The van der Waals surface area contributed by atoms with Crippen LogP contribution < -0.4 is 0 Å². The Bertz CT molecular complexity index is 191. The summed E-state index contributed by atoms with van der Waals surface area (Å²) in [5.74, 6) is 0. The van der Waals surface area contributed by atoms with E-state index < -0.39 is 0 Å². The van der Waals surface area contributed by atoms with Crippen LogP contribution in [0.4, 0.5) is 0 Å². The molecule has 0 N–H and O–H groups in total. The van der Waals surface area contributed by atoms with Gasteiger partial charge in [0.1, 0.15) is 12.2 Å². The van der Waals surface area contributed by atoms with Gasteiger partial charge in [-0.1, -0.05) is 0 Å². The summed E-state index contributed by atoms with van der Waals surface area (Å²) < 4.78 is 31.8. The molecule has 0 amide bonds. The summed E-state index contributed by atoms with van der Waals surface area (Å²) in [7, 11) is 4.93. The van der Waals surface area contributed by atoms with Gasteiger partial charge < -0.3 is 28.4 Å². The summed E-state index contributed by atoms with van der Waals surface area (Å²) in [6.45, 7) is 6.13. The zero-order valence-corrected chi connectivity index (χ0v) is 13.3. The predicted molar refractivity (Wildman–Crippen MR) is 76.2 cm³/mol. The molecule has 0 aromatic carbocycles. The van der Waals surface area contributed by atoms with Gasteiger partial charge in [-0.05, 0) is 13.3 Å². The Morgan fingerprint density at radius 2 is 1.25 bits per heavy atom. The number of rotatable bonds is 15. The van der Waals surface area contributed by atoms with Gasteiger partial charge in [-0.3, -0.25) is 0 Å². The monoisotopic (exact) mass is 294 g/mol. The second-order valence-corrected chi connectivity index (χ2v) is 4.33. The molecule has 0 aromatic heterocycles. The van der Waals surface area contributed by atoms with Gasteiger partial charge in [0.05, 0.1) is 26.4 Å². The summed E-state index contributed by atoms with van der Waals surface area (Å²) >= 11 is 0. The summed E-state index contributed by atoms with van der Waals surface area (Å²) in [6.07, 6.45) is 0.775. The molecule has 0 spiro atoms. The third-order valence-corrected chi connectivity index (χ3v) is 2.71. The molecule has 6 nitrogen and oxygen atoms in total. The van der Waals surface area contributed by atoms with E-state index in [1.807, 2.05) is 6.92 Å². The Morgan fingerprint density at radius 3 is 1.80 bits per heavy atom. The number of ether oxygens (including phenoxy) is 6. The molecule has 0 aliphatic rings. The van der Waals surface area contributed by atoms with Crippen LogP contribution in [-0.2, 0) is 28.4 Å². The van der Waals surface area contributed by atoms with Gasteiger partial charge in [-0.2, -0.15) is 0 Å². The quantitative estimate of drug-likeness (QED) is 0.422. The zero-order valence-electron chi connectivity index (χ0n) is 13.3. The SMILES string of the molecule is CCOCCCOCC(COCC(COC)OC)OC. The Balaban J connectivity index is 3.55. The van der Waals surface area contributed by atoms with Crippen LogP contribution in [0.15, 0.2) is 0 Å². The van der Waals surface area contributed by atoms with E-state index in [1.54, 1.807) is 21.3 Å². The third-order valence-electron chi connectivity index (χ3n) is 2.71. The fraction of sp³-hybridized carbons (Fsp3) is 1.00. The Kier molecular flexibility index (Phi) is 15.0. The Labute approximate surface area is 122 Å². The van der Waals surface area contributed by atoms with E-state index in [1.165, 1.54) is 0 Å². The molecule has 20 heavy (non-hydrogen) atoms. The lowest BCUT2D eigenvalue weighted by Crippen LogP contribution is -2.29. The Morgan fingerprint density at radius 1 is 0.700 bits per heavy atom. The summed E-state index contributed by atoms with van der Waals surface area (Å²) in [6, 6.07) is 0. The van der Waals surface area contributed by atoms with Crippen LogP contribution in [0, 0.1) is 0 Å². The molecular weight excluding hydrogens is 264 g/mol. The molecule has 0 heterocycles. The maximum Gasteiger partial charge on any atom is 0.104 e. The van der Waals surface area contributed by atoms with Gasteiger partial charge >= 0.3 is 0 Å². The lowest BCUT2D eigenvalue weighted by atomic mass is 10.4. The average molecular weight is 294 g/mol. The molecule has 0 aliphatic heterocycles. The van der Waals surface area contributed by atoms with E-state index in [4.69, 9.17) is 28.4 Å². The van der Waals surface area contributed by atoms with Gasteiger partial charge in [0.2, 0.25) is 0 Å². The zero-order chi connectivity index (χ0) is 15.1. The normalized spacial score (nSPS) is 14.4. The standard InChI is InChI=1S/C14H30O6/c1-5-18-7-6-8-19-10-14(17-4)12-20-11-13(16-3)9-15-2/h13-14H,5-12H2,1-4H3. The highest BCUT2D eigenvalue weighted by Gasteiger charge is 2.11. The van der Waals surface area contributed by atoms with Crippen molar-refractivity contribution in [1.82, 2.24) is 0 Å². The number of methoxy groups -OCH3 is 3. The van der Waals surface area contributed by atoms with Crippen molar-refractivity contribution in [1.29, 1.82) is 0 Å². The average Bonchev–Trinajstić information content (AvgIpc) is 2.47. The first kappa shape index (κ1) is 19.8. The van der Waals surface area contributed by atoms with E-state index in [2.05, 4.69) is 0 Å². The third kappa shape index (κ3) is 11.6. The van der Waals surface area contributed by atoms with E-state index in [0.717, 1.165) is 19.6 Å². The van der Waals surface area contributed by atoms with Gasteiger partial charge in [0.25, 0.3) is 0 Å². The van der Waals surface area contributed by atoms with Crippen molar-refractivity contribution >= 4 is 0 Å². The first-order valence-corrected chi connectivity index (χ1v) is 7.06. The van der Waals surface area contributed by atoms with Crippen LogP contribution in [0.2, 0.25) is 0 Å². The van der Waals surface area contributed by atoms with Crippen molar-refractivity contribution in [3.05, 3.63) is 0 Å². The molecule has 0 bridgehead atoms. The van der Waals surface area contributed by atoms with Gasteiger partial charge in [-0.15, -0.1) is 0 Å². The maximum atomic E-state index is 5.55. The van der Waals surface area contributed by atoms with Gasteiger partial charge in [0.15, 0.2) is 0 Å². The smallest absolute Gasteiger partial charge is 0.104 e. The molecule has 0 saturated heterocycles. The van der Waals surface area contributed by atoms with E-state index in [9.17, 15) is 0 Å². The van der Waals surface area contributed by atoms with Crippen LogP contribution in [0.25, 0.3) is 0 Å². The number of hydrogen-bond donors (Lipinski definition) is 0. The highest BCUT2D eigenvalue weighted by Crippen LogP contribution is 1.98. The minimum Gasteiger partial charge on any atom is -0.382 e. The second-order valence-electron chi connectivity index (χ2n) is 4.33. The highest BCUT2D eigenvalue weighted by molar-refractivity contribution is 4.58. The molecule has 0 saturated carbocycles. The van der Waals surface area contributed by atoms with Crippen molar-refractivity contribution in [2.24, 2.45) is 0 Å². The van der Waals surface area contributed by atoms with Crippen molar-refractivity contribution in [3.63, 3.8) is 0 Å². The van der Waals surface area contributed by atoms with E-state index in [-0.39, 0.29) is 12.2 Å². The molecule has 6 heteroatoms. The van der Waals surface area contributed by atoms with Gasteiger partial charge in [0, 0.05) is 41.2 Å². The van der Waals surface area contributed by atoms with E-state index in [0.29, 0.717) is 33.0 Å². The minimum absolute atomic E-state index is 0.0513. The fourth-order valence-corrected chi connectivity index (χ4v) is 1.51. The van der Waals surface area contributed by atoms with Crippen molar-refractivity contribution in [2.75, 3.05) is 67.6 Å². The maximum absolute atomic E-state index is 5.55.